The Morgan fingerprint density at radius 2 is 2.09 bits per heavy atom. The monoisotopic (exact) mass is 163 g/mol. The Hall–Kier alpha value is -1.02. The van der Waals surface area contributed by atoms with Gasteiger partial charge in [0, 0.05) is 11.1 Å². The molecule has 0 heterocycles. The predicted octanol–water partition coefficient (Wildman–Crippen LogP) is 2.11. The van der Waals surface area contributed by atoms with E-state index >= 15 is 0 Å². The lowest BCUT2D eigenvalue weighted by atomic mass is 10.1. The van der Waals surface area contributed by atoms with Crippen LogP contribution in [-0.2, 0) is 0 Å². The number of carbonyl (C=O) groups excluding carboxylic acids is 1. The van der Waals surface area contributed by atoms with Crippen molar-refractivity contribution in [1.29, 1.82) is 0 Å². The molecule has 0 fully saturated rings. The summed E-state index contributed by atoms with van der Waals surface area (Å²) in [5.41, 5.74) is 1.34. The molecule has 0 saturated carbocycles. The molecule has 0 aliphatic heterocycles. The average Bonchev–Trinajstić information content (AvgIpc) is 2.04. The number of Topliss-reactive ketones (excluding diaryl/α,β-unsaturated/α-hetero) is 1. The van der Waals surface area contributed by atoms with Gasteiger partial charge < -0.3 is 0 Å². The summed E-state index contributed by atoms with van der Waals surface area (Å²) in [7, 11) is 0. The smallest absolute Gasteiger partial charge is 0.160 e. The first kappa shape index (κ1) is 8.08. The number of carbonyl (C=O) groups is 1. The van der Waals surface area contributed by atoms with Crippen LogP contribution in [0, 0.1) is 0 Å². The highest BCUT2D eigenvalue weighted by molar-refractivity contribution is 7.79. The molecule has 0 saturated heterocycles. The van der Waals surface area contributed by atoms with Crippen molar-refractivity contribution in [3.63, 3.8) is 0 Å². The summed E-state index contributed by atoms with van der Waals surface area (Å²) in [6.45, 7) is 1.52. The molecule has 0 bridgehead atoms. The van der Waals surface area contributed by atoms with Crippen LogP contribution in [0.2, 0.25) is 0 Å². The summed E-state index contributed by atoms with van der Waals surface area (Å²) in [4.78, 5) is 10.9. The summed E-state index contributed by atoms with van der Waals surface area (Å²) >= 11 is 4.62. The van der Waals surface area contributed by atoms with Crippen LogP contribution in [0.4, 0.5) is 0 Å². The van der Waals surface area contributed by atoms with Gasteiger partial charge in [-0.2, -0.15) is 0 Å². The highest BCUT2D eigenvalue weighted by Gasteiger charge is 2.02. The molecule has 0 N–H and O–H groups in total. The molecule has 2 heteroatoms. The second-order valence-corrected chi connectivity index (χ2v) is 2.41. The zero-order valence-corrected chi connectivity index (χ0v) is 6.94. The first-order valence-electron chi connectivity index (χ1n) is 3.24. The fraction of sp³-hybridized carbons (Fsp3) is 0.111. The van der Waals surface area contributed by atoms with Crippen LogP contribution >= 0.6 is 12.2 Å². The van der Waals surface area contributed by atoms with Gasteiger partial charge in [-0.1, -0.05) is 36.5 Å². The fourth-order valence-electron chi connectivity index (χ4n) is 0.879. The molecule has 55 valence electrons. The molecule has 1 aromatic rings. The van der Waals surface area contributed by atoms with Gasteiger partial charge in [0.05, 0.1) is 5.37 Å². The van der Waals surface area contributed by atoms with Crippen molar-refractivity contribution in [3.05, 3.63) is 35.4 Å². The van der Waals surface area contributed by atoms with Crippen molar-refractivity contribution in [3.8, 4) is 0 Å². The Morgan fingerprint density at radius 3 is 2.55 bits per heavy atom. The van der Waals surface area contributed by atoms with Crippen LogP contribution in [0.25, 0.3) is 0 Å². The topological polar surface area (TPSA) is 17.1 Å². The molecule has 0 spiro atoms. The number of hydrogen-bond acceptors (Lipinski definition) is 2. The zero-order chi connectivity index (χ0) is 8.27. The van der Waals surface area contributed by atoms with Crippen LogP contribution in [0.15, 0.2) is 24.3 Å². The maximum Gasteiger partial charge on any atom is 0.160 e. The molecule has 11 heavy (non-hydrogen) atoms. The minimum atomic E-state index is 0.0259. The van der Waals surface area contributed by atoms with Crippen molar-refractivity contribution >= 4 is 23.4 Å². The number of benzene rings is 1. The van der Waals surface area contributed by atoms with E-state index in [-0.39, 0.29) is 5.78 Å². The first-order chi connectivity index (χ1) is 5.25. The standard InChI is InChI=1S/C9H7OS/c1-7(10)9-5-3-2-4-8(9)6-11/h2-5H,1H3. The molecule has 0 atom stereocenters. The van der Waals surface area contributed by atoms with Gasteiger partial charge in [-0.15, -0.1) is 0 Å². The third-order valence-electron chi connectivity index (χ3n) is 1.42. The quantitative estimate of drug-likeness (QED) is 0.490. The van der Waals surface area contributed by atoms with Gasteiger partial charge in [0.15, 0.2) is 5.78 Å². The summed E-state index contributed by atoms with van der Waals surface area (Å²) in [6, 6.07) is 7.18. The van der Waals surface area contributed by atoms with E-state index in [0.717, 1.165) is 0 Å². The molecule has 0 aromatic heterocycles. The maximum absolute atomic E-state index is 10.9. The number of rotatable bonds is 2. The Balaban J connectivity index is 3.22. The largest absolute Gasteiger partial charge is 0.294 e. The van der Waals surface area contributed by atoms with E-state index in [1.807, 2.05) is 12.1 Å². The molecular weight excluding hydrogens is 156 g/mol. The second kappa shape index (κ2) is 3.39. The summed E-state index contributed by atoms with van der Waals surface area (Å²) in [5, 5.41) is 2.54. The first-order valence-corrected chi connectivity index (χ1v) is 3.64. The Morgan fingerprint density at radius 1 is 1.45 bits per heavy atom. The van der Waals surface area contributed by atoms with Crippen molar-refractivity contribution in [2.75, 3.05) is 0 Å². The van der Waals surface area contributed by atoms with Gasteiger partial charge in [-0.05, 0) is 6.92 Å². The van der Waals surface area contributed by atoms with E-state index in [2.05, 4.69) is 17.6 Å². The van der Waals surface area contributed by atoms with E-state index in [0.29, 0.717) is 11.1 Å². The molecule has 0 unspecified atom stereocenters. The number of ketones is 1. The van der Waals surface area contributed by atoms with Crippen molar-refractivity contribution in [2.24, 2.45) is 0 Å². The van der Waals surface area contributed by atoms with Gasteiger partial charge in [0.2, 0.25) is 0 Å². The van der Waals surface area contributed by atoms with Crippen LogP contribution in [-0.4, -0.2) is 11.2 Å². The Labute approximate surface area is 71.0 Å². The lowest BCUT2D eigenvalue weighted by molar-refractivity contribution is 0.101. The maximum atomic E-state index is 10.9. The van der Waals surface area contributed by atoms with Gasteiger partial charge in [0.25, 0.3) is 0 Å². The Bertz CT molecular complexity index is 291. The SMILES string of the molecule is CC(=O)c1ccccc1[C]=S. The summed E-state index contributed by atoms with van der Waals surface area (Å²) < 4.78 is 0. The molecule has 1 nitrogen and oxygen atoms in total. The van der Waals surface area contributed by atoms with Gasteiger partial charge in [-0.3, -0.25) is 4.79 Å². The van der Waals surface area contributed by atoms with Gasteiger partial charge in [-0.25, -0.2) is 0 Å². The van der Waals surface area contributed by atoms with Crippen molar-refractivity contribution in [2.45, 2.75) is 6.92 Å². The van der Waals surface area contributed by atoms with E-state index in [4.69, 9.17) is 0 Å². The van der Waals surface area contributed by atoms with Crippen molar-refractivity contribution in [1.82, 2.24) is 0 Å². The Kier molecular flexibility index (Phi) is 2.49. The van der Waals surface area contributed by atoms with Crippen molar-refractivity contribution < 1.29 is 4.79 Å². The fourth-order valence-corrected chi connectivity index (χ4v) is 1.06. The molecule has 0 aliphatic rings. The number of thiocarbonyl (C=S) groups is 1. The third-order valence-corrected chi connectivity index (χ3v) is 1.64. The highest BCUT2D eigenvalue weighted by atomic mass is 32.1. The highest BCUT2D eigenvalue weighted by Crippen LogP contribution is 2.06. The van der Waals surface area contributed by atoms with Crippen LogP contribution in [0.3, 0.4) is 0 Å². The van der Waals surface area contributed by atoms with Gasteiger partial charge >= 0.3 is 0 Å². The lowest BCUT2D eigenvalue weighted by Gasteiger charge is -1.97. The molecule has 0 amide bonds. The van der Waals surface area contributed by atoms with Crippen LogP contribution < -0.4 is 0 Å². The number of hydrogen-bond donors (Lipinski definition) is 0. The molecule has 0 aliphatic carbocycles. The average molecular weight is 163 g/mol. The lowest BCUT2D eigenvalue weighted by Crippen LogP contribution is -1.96. The van der Waals surface area contributed by atoms with Crippen LogP contribution in [0.1, 0.15) is 22.8 Å². The minimum absolute atomic E-state index is 0.0259. The third kappa shape index (κ3) is 1.71. The summed E-state index contributed by atoms with van der Waals surface area (Å²) in [6.07, 6.45) is 0. The van der Waals surface area contributed by atoms with E-state index < -0.39 is 0 Å². The molecule has 1 rings (SSSR count). The molecule has 1 aromatic carbocycles. The second-order valence-electron chi connectivity index (χ2n) is 2.20. The van der Waals surface area contributed by atoms with Crippen LogP contribution in [0.5, 0.6) is 0 Å². The summed E-state index contributed by atoms with van der Waals surface area (Å²) in [5.74, 6) is 0.0259. The zero-order valence-electron chi connectivity index (χ0n) is 6.13. The van der Waals surface area contributed by atoms with E-state index in [9.17, 15) is 4.79 Å². The normalized spacial score (nSPS) is 9.18. The molecule has 1 radical (unpaired) electrons. The molecular formula is C9H7OS. The minimum Gasteiger partial charge on any atom is -0.294 e. The van der Waals surface area contributed by atoms with E-state index in [1.165, 1.54) is 6.92 Å². The van der Waals surface area contributed by atoms with E-state index in [1.54, 1.807) is 12.1 Å². The van der Waals surface area contributed by atoms with Gasteiger partial charge in [0.1, 0.15) is 0 Å². The predicted molar refractivity (Wildman–Crippen MR) is 48.1 cm³/mol.